The highest BCUT2D eigenvalue weighted by atomic mass is 16.3. The third kappa shape index (κ3) is 11.0. The van der Waals surface area contributed by atoms with E-state index in [9.17, 15) is 30.0 Å². The molecule has 6 heterocycles. The number of hydrogen-bond donors (Lipinski definition) is 5. The monoisotopic (exact) mass is 993 g/mol. The van der Waals surface area contributed by atoms with Crippen LogP contribution in [0.1, 0.15) is 68.3 Å². The van der Waals surface area contributed by atoms with Gasteiger partial charge in [0.2, 0.25) is 17.8 Å². The molecule has 3 fully saturated rings. The summed E-state index contributed by atoms with van der Waals surface area (Å²) in [4.78, 5) is 49.8. The van der Waals surface area contributed by atoms with Crippen LogP contribution in [0.5, 0.6) is 23.3 Å². The Morgan fingerprint density at radius 1 is 0.726 bits per heavy atom. The number of amides is 2. The number of piperidine rings is 1. The number of carbonyl (C=O) groups excluding carboxylic acids is 2. The molecule has 0 atom stereocenters. The van der Waals surface area contributed by atoms with E-state index in [0.29, 0.717) is 87.2 Å². The number of nitrogens with one attached hydrogen (secondary N) is 1. The Balaban J connectivity index is 0.698. The van der Waals surface area contributed by atoms with Gasteiger partial charge in [-0.3, -0.25) is 14.5 Å². The van der Waals surface area contributed by atoms with E-state index in [1.54, 1.807) is 12.1 Å². The summed E-state index contributed by atoms with van der Waals surface area (Å²) in [7, 11) is 0. The van der Waals surface area contributed by atoms with Crippen LogP contribution in [0, 0.1) is 5.92 Å². The van der Waals surface area contributed by atoms with Gasteiger partial charge in [0.25, 0.3) is 0 Å². The highest BCUT2D eigenvalue weighted by molar-refractivity contribution is 5.95. The lowest BCUT2D eigenvalue weighted by Crippen LogP contribution is -2.49. The topological polar surface area (TPSA) is 203 Å². The van der Waals surface area contributed by atoms with Gasteiger partial charge in [-0.2, -0.15) is 4.98 Å². The Bertz CT molecular complexity index is 2920. The molecule has 384 valence electrons. The maximum atomic E-state index is 13.6. The van der Waals surface area contributed by atoms with E-state index in [4.69, 9.17) is 9.97 Å². The van der Waals surface area contributed by atoms with Crippen LogP contribution in [0.15, 0.2) is 72.8 Å². The van der Waals surface area contributed by atoms with Crippen molar-refractivity contribution in [2.24, 2.45) is 5.92 Å². The summed E-state index contributed by atoms with van der Waals surface area (Å²) in [5.41, 5.74) is 5.90. The zero-order valence-corrected chi connectivity index (χ0v) is 42.1. The van der Waals surface area contributed by atoms with Crippen LogP contribution in [0.2, 0.25) is 0 Å². The molecule has 4 aliphatic heterocycles. The summed E-state index contributed by atoms with van der Waals surface area (Å²) in [5.74, 6) is 2.66. The van der Waals surface area contributed by atoms with Crippen LogP contribution in [0.4, 0.5) is 17.5 Å². The number of likely N-dealkylation sites (tertiary alicyclic amines) is 1. The lowest BCUT2D eigenvalue weighted by atomic mass is 9.95. The number of piperazine rings is 2. The van der Waals surface area contributed by atoms with Crippen LogP contribution < -0.4 is 15.1 Å². The van der Waals surface area contributed by atoms with Crippen LogP contribution >= 0.6 is 0 Å². The van der Waals surface area contributed by atoms with Gasteiger partial charge >= 0.3 is 6.01 Å². The second-order valence-corrected chi connectivity index (χ2v) is 20.0. The average molecular weight is 993 g/mol. The first kappa shape index (κ1) is 49.4. The fourth-order valence-corrected chi connectivity index (χ4v) is 11.2. The fourth-order valence-electron chi connectivity index (χ4n) is 11.2. The molecule has 0 saturated carbocycles. The molecule has 2 amide bonds. The van der Waals surface area contributed by atoms with Crippen molar-refractivity contribution in [3.63, 3.8) is 0 Å². The van der Waals surface area contributed by atoms with Gasteiger partial charge < -0.3 is 50.2 Å². The van der Waals surface area contributed by atoms with Gasteiger partial charge in [0, 0.05) is 133 Å². The minimum atomic E-state index is -0.288. The van der Waals surface area contributed by atoms with E-state index in [1.165, 1.54) is 10.6 Å². The Labute approximate surface area is 426 Å². The summed E-state index contributed by atoms with van der Waals surface area (Å²) in [6.45, 7) is 15.6. The Morgan fingerprint density at radius 2 is 1.47 bits per heavy atom. The number of nitrogens with zero attached hydrogens (tertiary/aromatic N) is 11. The standard InChI is InChI=1S/C55H68N12O6/c1-3-7-40-31-45(49(70)33-48(40)69)53-59-60-55(73)67(53)41-12-10-37(11-13-41)34-61-22-24-62(25-23-61)35-38-15-19-63(20-16-38)51(72)14-18-56-54-57-46-36-66(47-32-42(68)30-39-8-5-6-9-43(39)47)21-17-44(46)52(58-54)65-28-26-64(27-29-65)50(71)4-2/h5-6,8-13,30-33,38,68-70H,3-4,7,14-29,34-36H2,1-2H3,(H,60,73)(H,56,57,58). The number of hydrogen-bond acceptors (Lipinski definition) is 15. The largest absolute Gasteiger partial charge is 0.508 e. The molecule has 18 nitrogen and oxygen atoms in total. The summed E-state index contributed by atoms with van der Waals surface area (Å²) in [5, 5.41) is 55.9. The van der Waals surface area contributed by atoms with Gasteiger partial charge in [0.1, 0.15) is 23.1 Å². The minimum Gasteiger partial charge on any atom is -0.508 e. The molecule has 6 aromatic rings. The predicted octanol–water partition coefficient (Wildman–Crippen LogP) is 6.13. The molecule has 2 aromatic heterocycles. The van der Waals surface area contributed by atoms with Crippen molar-refractivity contribution in [1.82, 2.24) is 44.3 Å². The molecular formula is C55H68N12O6. The summed E-state index contributed by atoms with van der Waals surface area (Å²) in [6, 6.07) is 22.4. The van der Waals surface area contributed by atoms with Gasteiger partial charge in [-0.05, 0) is 72.4 Å². The van der Waals surface area contributed by atoms with E-state index >= 15 is 0 Å². The number of phenolic OH excluding ortho intramolecular Hbond substituents is 3. The molecule has 73 heavy (non-hydrogen) atoms. The Kier molecular flexibility index (Phi) is 14.8. The minimum absolute atomic E-state index is 0.0256. The van der Waals surface area contributed by atoms with Crippen molar-refractivity contribution < 1.29 is 30.0 Å². The van der Waals surface area contributed by atoms with Crippen molar-refractivity contribution in [2.45, 2.75) is 71.9 Å². The quantitative estimate of drug-likeness (QED) is 0.0786. The lowest BCUT2D eigenvalue weighted by molar-refractivity contribution is -0.132. The van der Waals surface area contributed by atoms with Gasteiger partial charge in [-0.1, -0.05) is 61.8 Å². The zero-order valence-electron chi connectivity index (χ0n) is 42.1. The van der Waals surface area contributed by atoms with Crippen molar-refractivity contribution in [1.29, 1.82) is 0 Å². The van der Waals surface area contributed by atoms with Crippen LogP contribution in [0.3, 0.4) is 0 Å². The van der Waals surface area contributed by atoms with Crippen molar-refractivity contribution in [2.75, 3.05) is 100 Å². The number of aryl methyl sites for hydroxylation is 1. The van der Waals surface area contributed by atoms with Crippen LogP contribution in [0.25, 0.3) is 27.8 Å². The van der Waals surface area contributed by atoms with Crippen molar-refractivity contribution in [3.8, 4) is 40.3 Å². The molecule has 4 aliphatic rings. The average Bonchev–Trinajstić information content (AvgIpc) is 3.79. The highest BCUT2D eigenvalue weighted by Gasteiger charge is 2.31. The molecule has 0 spiro atoms. The summed E-state index contributed by atoms with van der Waals surface area (Å²) < 4.78 is 1.50. The third-order valence-electron chi connectivity index (χ3n) is 15.2. The Hall–Kier alpha value is -7.18. The number of anilines is 3. The van der Waals surface area contributed by atoms with Crippen molar-refractivity contribution in [3.05, 3.63) is 95.2 Å². The first-order valence-electron chi connectivity index (χ1n) is 26.2. The van der Waals surface area contributed by atoms with Crippen molar-refractivity contribution >= 4 is 40.0 Å². The molecule has 18 heteroatoms. The second kappa shape index (κ2) is 21.9. The number of fused-ring (bicyclic) bond motifs is 2. The smallest absolute Gasteiger partial charge is 0.319 e. The SMILES string of the molecule is CCCc1cc(-c2nnc(O)n2-c2ccc(CN3CCN(CC4CCN(C(=O)CCNc5nc6c(c(N7CCN(C(=O)CC)CC7)n5)CCN(c5cc(O)cc7ccccc57)C6)CC4)CC3)cc2)c(O)cc1O. The molecule has 3 saturated heterocycles. The number of rotatable bonds is 15. The number of phenols is 3. The van der Waals surface area contributed by atoms with Crippen LogP contribution in [-0.2, 0) is 35.5 Å². The van der Waals surface area contributed by atoms with E-state index in [2.05, 4.69) is 41.2 Å². The number of aromatic nitrogens is 5. The summed E-state index contributed by atoms with van der Waals surface area (Å²) in [6.07, 6.45) is 5.01. The Morgan fingerprint density at radius 3 is 2.22 bits per heavy atom. The molecule has 10 rings (SSSR count). The predicted molar refractivity (Wildman–Crippen MR) is 281 cm³/mol. The second-order valence-electron chi connectivity index (χ2n) is 20.0. The van der Waals surface area contributed by atoms with E-state index < -0.39 is 0 Å². The van der Waals surface area contributed by atoms with E-state index in [0.717, 1.165) is 124 Å². The maximum Gasteiger partial charge on any atom is 0.319 e. The number of aromatic hydroxyl groups is 4. The molecule has 0 radical (unpaired) electrons. The van der Waals surface area contributed by atoms with E-state index in [1.807, 2.05) is 72.2 Å². The fraction of sp³-hybridized carbons (Fsp3) is 0.455. The summed E-state index contributed by atoms with van der Waals surface area (Å²) >= 11 is 0. The van der Waals surface area contributed by atoms with Crippen LogP contribution in [-0.4, -0.2) is 162 Å². The molecule has 4 aromatic carbocycles. The molecule has 0 bridgehead atoms. The first-order valence-corrected chi connectivity index (χ1v) is 26.2. The normalized spacial score (nSPS) is 17.1. The van der Waals surface area contributed by atoms with Gasteiger partial charge in [0.15, 0.2) is 5.82 Å². The number of carbonyl (C=O) groups is 2. The van der Waals surface area contributed by atoms with E-state index in [-0.39, 0.29) is 40.9 Å². The van der Waals surface area contributed by atoms with Gasteiger partial charge in [-0.15, -0.1) is 5.10 Å². The molecular weight excluding hydrogens is 925 g/mol. The lowest BCUT2D eigenvalue weighted by Gasteiger charge is -2.39. The maximum absolute atomic E-state index is 13.6. The molecule has 0 unspecified atom stereocenters. The first-order chi connectivity index (χ1) is 35.5. The third-order valence-corrected chi connectivity index (χ3v) is 15.2. The highest BCUT2D eigenvalue weighted by Crippen LogP contribution is 2.39. The zero-order chi connectivity index (χ0) is 50.6. The molecule has 0 aliphatic carbocycles. The number of benzene rings is 4. The van der Waals surface area contributed by atoms with Gasteiger partial charge in [-0.25, -0.2) is 9.55 Å². The van der Waals surface area contributed by atoms with Gasteiger partial charge in [0.05, 0.1) is 23.5 Å². The molecule has 5 N–H and O–H groups in total.